The minimum absolute atomic E-state index is 0.203. The zero-order valence-electron chi connectivity index (χ0n) is 12.4. The fourth-order valence-electron chi connectivity index (χ4n) is 2.40. The van der Waals surface area contributed by atoms with Crippen molar-refractivity contribution in [2.75, 3.05) is 31.1 Å². The van der Waals surface area contributed by atoms with E-state index in [4.69, 9.17) is 11.6 Å². The van der Waals surface area contributed by atoms with Crippen molar-refractivity contribution in [2.45, 2.75) is 4.90 Å². The van der Waals surface area contributed by atoms with E-state index in [1.165, 1.54) is 12.1 Å². The summed E-state index contributed by atoms with van der Waals surface area (Å²) < 4.78 is 24.7. The van der Waals surface area contributed by atoms with Gasteiger partial charge in [0.2, 0.25) is 0 Å². The average Bonchev–Trinajstić information content (AvgIpc) is 2.56. The number of benzene rings is 1. The standard InChI is InChI=1S/C15H17ClN4O2S/c16-13-4-6-14(7-5-13)23(21,22)18-20-11-9-19(10-12-20)15-3-1-2-8-17-15/h1-8,18H,9-12H2. The minimum Gasteiger partial charge on any atom is -0.354 e. The molecule has 6 nitrogen and oxygen atoms in total. The highest BCUT2D eigenvalue weighted by Gasteiger charge is 2.23. The molecule has 23 heavy (non-hydrogen) atoms. The van der Waals surface area contributed by atoms with Crippen molar-refractivity contribution >= 4 is 27.4 Å². The highest BCUT2D eigenvalue weighted by molar-refractivity contribution is 7.89. The molecular formula is C15H17ClN4O2S. The fraction of sp³-hybridized carbons (Fsp3) is 0.267. The van der Waals surface area contributed by atoms with Crippen LogP contribution in [0.2, 0.25) is 5.02 Å². The van der Waals surface area contributed by atoms with Gasteiger partial charge in [-0.2, -0.15) is 0 Å². The zero-order chi connectivity index (χ0) is 16.3. The van der Waals surface area contributed by atoms with E-state index < -0.39 is 10.0 Å². The normalized spacial score (nSPS) is 16.5. The molecule has 0 saturated carbocycles. The molecule has 1 aliphatic rings. The van der Waals surface area contributed by atoms with E-state index in [0.29, 0.717) is 31.2 Å². The third-order valence-electron chi connectivity index (χ3n) is 3.63. The van der Waals surface area contributed by atoms with Gasteiger partial charge in [0.25, 0.3) is 10.0 Å². The third-order valence-corrected chi connectivity index (χ3v) is 5.27. The summed E-state index contributed by atoms with van der Waals surface area (Å²) in [6, 6.07) is 11.9. The summed E-state index contributed by atoms with van der Waals surface area (Å²) in [5.41, 5.74) is 0. The molecule has 1 aliphatic heterocycles. The summed E-state index contributed by atoms with van der Waals surface area (Å²) in [6.07, 6.45) is 1.75. The number of piperazine rings is 1. The number of anilines is 1. The van der Waals surface area contributed by atoms with Crippen LogP contribution in [0.4, 0.5) is 5.82 Å². The van der Waals surface area contributed by atoms with Gasteiger partial charge < -0.3 is 4.90 Å². The number of sulfonamides is 1. The lowest BCUT2D eigenvalue weighted by atomic mass is 10.3. The van der Waals surface area contributed by atoms with Crippen molar-refractivity contribution in [1.82, 2.24) is 14.8 Å². The lowest BCUT2D eigenvalue weighted by molar-refractivity contribution is 0.226. The summed E-state index contributed by atoms with van der Waals surface area (Å²) in [4.78, 5) is 9.27. The Morgan fingerprint density at radius 2 is 1.70 bits per heavy atom. The second-order valence-electron chi connectivity index (χ2n) is 5.21. The number of aromatic nitrogens is 1. The topological polar surface area (TPSA) is 65.5 Å². The van der Waals surface area contributed by atoms with Crippen molar-refractivity contribution in [2.24, 2.45) is 0 Å². The van der Waals surface area contributed by atoms with Crippen LogP contribution in [-0.4, -0.2) is 44.6 Å². The van der Waals surface area contributed by atoms with Gasteiger partial charge in [-0.1, -0.05) is 17.7 Å². The summed E-state index contributed by atoms with van der Waals surface area (Å²) in [7, 11) is -3.58. The van der Waals surface area contributed by atoms with Crippen molar-refractivity contribution in [3.8, 4) is 0 Å². The third kappa shape index (κ3) is 4.00. The SMILES string of the molecule is O=S(=O)(NN1CCN(c2ccccn2)CC1)c1ccc(Cl)cc1. The van der Waals surface area contributed by atoms with Gasteiger partial charge in [0.05, 0.1) is 4.90 Å². The second-order valence-corrected chi connectivity index (χ2v) is 7.31. The lowest BCUT2D eigenvalue weighted by Gasteiger charge is -2.35. The number of halogens is 1. The number of hydrogen-bond acceptors (Lipinski definition) is 5. The molecule has 0 amide bonds. The summed E-state index contributed by atoms with van der Waals surface area (Å²) in [6.45, 7) is 2.59. The molecule has 3 rings (SSSR count). The van der Waals surface area contributed by atoms with Gasteiger partial charge >= 0.3 is 0 Å². The van der Waals surface area contributed by atoms with Crippen LogP contribution < -0.4 is 9.73 Å². The molecule has 122 valence electrons. The molecule has 1 fully saturated rings. The molecule has 2 heterocycles. The second kappa shape index (κ2) is 6.84. The number of hydrogen-bond donors (Lipinski definition) is 1. The summed E-state index contributed by atoms with van der Waals surface area (Å²) in [5, 5.41) is 2.22. The smallest absolute Gasteiger partial charge is 0.253 e. The number of rotatable bonds is 4. The molecule has 1 aromatic heterocycles. The lowest BCUT2D eigenvalue weighted by Crippen LogP contribution is -2.53. The van der Waals surface area contributed by atoms with Crippen molar-refractivity contribution in [3.63, 3.8) is 0 Å². The summed E-state index contributed by atoms with van der Waals surface area (Å²) in [5.74, 6) is 0.910. The molecule has 8 heteroatoms. The van der Waals surface area contributed by atoms with Crippen LogP contribution in [0.1, 0.15) is 0 Å². The van der Waals surface area contributed by atoms with Gasteiger partial charge in [-0.25, -0.2) is 18.4 Å². The van der Waals surface area contributed by atoms with E-state index in [1.54, 1.807) is 23.3 Å². The Morgan fingerprint density at radius 3 is 2.30 bits per heavy atom. The number of hydrazine groups is 1. The average molecular weight is 353 g/mol. The first-order valence-electron chi connectivity index (χ1n) is 7.23. The molecule has 0 atom stereocenters. The van der Waals surface area contributed by atoms with E-state index in [0.717, 1.165) is 5.82 Å². The van der Waals surface area contributed by atoms with Gasteiger partial charge in [0.1, 0.15) is 5.82 Å². The van der Waals surface area contributed by atoms with Crippen LogP contribution in [-0.2, 0) is 10.0 Å². The maximum Gasteiger partial charge on any atom is 0.253 e. The Balaban J connectivity index is 1.61. The van der Waals surface area contributed by atoms with Crippen molar-refractivity contribution in [1.29, 1.82) is 0 Å². The van der Waals surface area contributed by atoms with Gasteiger partial charge in [-0.05, 0) is 36.4 Å². The quantitative estimate of drug-likeness (QED) is 0.908. The molecule has 1 aromatic carbocycles. The molecule has 0 radical (unpaired) electrons. The first-order valence-corrected chi connectivity index (χ1v) is 9.10. The minimum atomic E-state index is -3.58. The molecule has 1 saturated heterocycles. The first kappa shape index (κ1) is 16.2. The predicted molar refractivity (Wildman–Crippen MR) is 89.8 cm³/mol. The Bertz CT molecular complexity index is 745. The van der Waals surface area contributed by atoms with Crippen LogP contribution >= 0.6 is 11.6 Å². The first-order chi connectivity index (χ1) is 11.0. The molecule has 2 aromatic rings. The fourth-order valence-corrected chi connectivity index (χ4v) is 3.65. The van der Waals surface area contributed by atoms with Crippen LogP contribution in [0, 0.1) is 0 Å². The van der Waals surface area contributed by atoms with Gasteiger partial charge in [0.15, 0.2) is 0 Å². The van der Waals surface area contributed by atoms with Crippen LogP contribution in [0.5, 0.6) is 0 Å². The largest absolute Gasteiger partial charge is 0.354 e. The number of nitrogens with zero attached hydrogens (tertiary/aromatic N) is 3. The van der Waals surface area contributed by atoms with Crippen molar-refractivity contribution in [3.05, 3.63) is 53.7 Å². The van der Waals surface area contributed by atoms with Crippen LogP contribution in [0.25, 0.3) is 0 Å². The number of pyridine rings is 1. The van der Waals surface area contributed by atoms with Crippen molar-refractivity contribution < 1.29 is 8.42 Å². The highest BCUT2D eigenvalue weighted by Crippen LogP contribution is 2.15. The van der Waals surface area contributed by atoms with Gasteiger partial charge in [-0.3, -0.25) is 0 Å². The maximum atomic E-state index is 12.3. The number of nitrogens with one attached hydrogen (secondary N) is 1. The predicted octanol–water partition coefficient (Wildman–Crippen LogP) is 1.75. The Hall–Kier alpha value is -1.67. The monoisotopic (exact) mass is 352 g/mol. The van der Waals surface area contributed by atoms with Gasteiger partial charge in [0, 0.05) is 37.4 Å². The Morgan fingerprint density at radius 1 is 1.00 bits per heavy atom. The van der Waals surface area contributed by atoms with E-state index in [1.807, 2.05) is 18.2 Å². The Labute approximate surface area is 140 Å². The molecule has 0 unspecified atom stereocenters. The molecule has 0 spiro atoms. The highest BCUT2D eigenvalue weighted by atomic mass is 35.5. The van der Waals surface area contributed by atoms with Gasteiger partial charge in [-0.15, -0.1) is 4.83 Å². The molecule has 1 N–H and O–H groups in total. The van der Waals surface area contributed by atoms with E-state index in [-0.39, 0.29) is 4.90 Å². The summed E-state index contributed by atoms with van der Waals surface area (Å²) >= 11 is 5.79. The molecule has 0 aliphatic carbocycles. The molecule has 0 bridgehead atoms. The Kier molecular flexibility index (Phi) is 4.82. The molecular weight excluding hydrogens is 336 g/mol. The van der Waals surface area contributed by atoms with E-state index in [9.17, 15) is 8.42 Å². The zero-order valence-corrected chi connectivity index (χ0v) is 14.0. The van der Waals surface area contributed by atoms with E-state index >= 15 is 0 Å². The van der Waals surface area contributed by atoms with E-state index in [2.05, 4.69) is 14.7 Å². The maximum absolute atomic E-state index is 12.3. The van der Waals surface area contributed by atoms with Crippen LogP contribution in [0.15, 0.2) is 53.6 Å². The van der Waals surface area contributed by atoms with Crippen LogP contribution in [0.3, 0.4) is 0 Å².